The van der Waals surface area contributed by atoms with E-state index in [9.17, 15) is 4.39 Å². The number of rotatable bonds is 4. The van der Waals surface area contributed by atoms with Gasteiger partial charge in [-0.25, -0.2) is 4.39 Å². The van der Waals surface area contributed by atoms with Crippen molar-refractivity contribution in [2.45, 2.75) is 6.42 Å². The molecule has 0 aliphatic heterocycles. The topological polar surface area (TPSA) is 38.0 Å². The van der Waals surface area contributed by atoms with Crippen LogP contribution in [0.4, 0.5) is 15.8 Å². The van der Waals surface area contributed by atoms with Gasteiger partial charge in [-0.15, -0.1) is 0 Å². The molecule has 0 unspecified atom stereocenters. The molecule has 0 spiro atoms. The number of anilines is 2. The molecule has 6 heteroatoms. The van der Waals surface area contributed by atoms with Crippen molar-refractivity contribution in [2.24, 2.45) is 0 Å². The summed E-state index contributed by atoms with van der Waals surface area (Å²) in [7, 11) is 0. The second-order valence-corrected chi connectivity index (χ2v) is 5.52. The SMILES string of the molecule is Nc1cc(F)c(Cl)cc1NCCc1ccc(Cl)cc1Cl. The summed E-state index contributed by atoms with van der Waals surface area (Å²) in [6.07, 6.45) is 0.685. The van der Waals surface area contributed by atoms with Crippen LogP contribution in [0.2, 0.25) is 15.1 Å². The minimum Gasteiger partial charge on any atom is -0.397 e. The van der Waals surface area contributed by atoms with Gasteiger partial charge >= 0.3 is 0 Å². The maximum Gasteiger partial charge on any atom is 0.143 e. The van der Waals surface area contributed by atoms with E-state index in [0.717, 1.165) is 5.56 Å². The summed E-state index contributed by atoms with van der Waals surface area (Å²) in [4.78, 5) is 0. The van der Waals surface area contributed by atoms with Crippen molar-refractivity contribution in [3.05, 3.63) is 56.8 Å². The number of nitrogens with two attached hydrogens (primary N) is 1. The Hall–Kier alpha value is -1.16. The lowest BCUT2D eigenvalue weighted by molar-refractivity contribution is 0.629. The molecule has 20 heavy (non-hydrogen) atoms. The highest BCUT2D eigenvalue weighted by atomic mass is 35.5. The van der Waals surface area contributed by atoms with Crippen LogP contribution in [0, 0.1) is 5.82 Å². The molecule has 0 aliphatic rings. The van der Waals surface area contributed by atoms with Crippen molar-refractivity contribution in [2.75, 3.05) is 17.6 Å². The third kappa shape index (κ3) is 3.69. The molecule has 0 atom stereocenters. The number of hydrogen-bond acceptors (Lipinski definition) is 2. The van der Waals surface area contributed by atoms with Gasteiger partial charge in [0.05, 0.1) is 16.4 Å². The van der Waals surface area contributed by atoms with Gasteiger partial charge in [0, 0.05) is 22.7 Å². The number of halogens is 4. The molecule has 0 heterocycles. The van der Waals surface area contributed by atoms with Gasteiger partial charge in [0.15, 0.2) is 0 Å². The van der Waals surface area contributed by atoms with Gasteiger partial charge in [0.2, 0.25) is 0 Å². The van der Waals surface area contributed by atoms with Crippen LogP contribution in [0.5, 0.6) is 0 Å². The molecule has 2 aromatic rings. The lowest BCUT2D eigenvalue weighted by Gasteiger charge is -2.11. The Labute approximate surface area is 131 Å². The van der Waals surface area contributed by atoms with Crippen LogP contribution in [0.3, 0.4) is 0 Å². The van der Waals surface area contributed by atoms with Gasteiger partial charge in [-0.05, 0) is 30.2 Å². The van der Waals surface area contributed by atoms with Crippen molar-refractivity contribution < 1.29 is 4.39 Å². The number of benzene rings is 2. The summed E-state index contributed by atoms with van der Waals surface area (Å²) in [6.45, 7) is 0.591. The standard InChI is InChI=1S/C14H12Cl3FN2/c15-9-2-1-8(10(16)5-9)3-4-20-14-6-11(17)12(18)7-13(14)19/h1-2,5-7,20H,3-4,19H2. The summed E-state index contributed by atoms with van der Waals surface area (Å²) in [6, 6.07) is 8.01. The van der Waals surface area contributed by atoms with E-state index in [0.29, 0.717) is 34.4 Å². The van der Waals surface area contributed by atoms with Crippen LogP contribution in [0.25, 0.3) is 0 Å². The van der Waals surface area contributed by atoms with E-state index in [-0.39, 0.29) is 5.02 Å². The molecule has 2 rings (SSSR count). The number of hydrogen-bond donors (Lipinski definition) is 2. The zero-order valence-corrected chi connectivity index (χ0v) is 12.7. The second kappa shape index (κ2) is 6.53. The third-order valence-corrected chi connectivity index (χ3v) is 3.69. The van der Waals surface area contributed by atoms with Crippen molar-refractivity contribution in [1.29, 1.82) is 0 Å². The summed E-state index contributed by atoms with van der Waals surface area (Å²) in [5, 5.41) is 4.35. The van der Waals surface area contributed by atoms with Crippen LogP contribution in [-0.4, -0.2) is 6.54 Å². The van der Waals surface area contributed by atoms with Crippen LogP contribution in [-0.2, 0) is 6.42 Å². The van der Waals surface area contributed by atoms with Crippen LogP contribution in [0.15, 0.2) is 30.3 Å². The van der Waals surface area contributed by atoms with Gasteiger partial charge in [0.1, 0.15) is 5.82 Å². The molecule has 0 aromatic heterocycles. The van der Waals surface area contributed by atoms with Crippen molar-refractivity contribution in [3.8, 4) is 0 Å². The van der Waals surface area contributed by atoms with Crippen LogP contribution >= 0.6 is 34.8 Å². The predicted molar refractivity (Wildman–Crippen MR) is 84.5 cm³/mol. The van der Waals surface area contributed by atoms with Gasteiger partial charge < -0.3 is 11.1 Å². The molecule has 0 radical (unpaired) electrons. The largest absolute Gasteiger partial charge is 0.397 e. The Morgan fingerprint density at radius 2 is 1.80 bits per heavy atom. The average Bonchev–Trinajstić information content (AvgIpc) is 2.38. The normalized spacial score (nSPS) is 10.6. The Morgan fingerprint density at radius 1 is 1.05 bits per heavy atom. The molecular formula is C14H12Cl3FN2. The Balaban J connectivity index is 2.01. The first-order chi connectivity index (χ1) is 9.47. The van der Waals surface area contributed by atoms with Gasteiger partial charge in [0.25, 0.3) is 0 Å². The van der Waals surface area contributed by atoms with E-state index >= 15 is 0 Å². The van der Waals surface area contributed by atoms with Gasteiger partial charge in [-0.1, -0.05) is 40.9 Å². The summed E-state index contributed by atoms with van der Waals surface area (Å²) in [5.41, 5.74) is 7.60. The number of nitrogens with one attached hydrogen (secondary N) is 1. The monoisotopic (exact) mass is 332 g/mol. The molecular weight excluding hydrogens is 322 g/mol. The van der Waals surface area contributed by atoms with E-state index in [4.69, 9.17) is 40.5 Å². The fraction of sp³-hybridized carbons (Fsp3) is 0.143. The fourth-order valence-electron chi connectivity index (χ4n) is 1.77. The summed E-state index contributed by atoms with van der Waals surface area (Å²) >= 11 is 17.6. The Kier molecular flexibility index (Phi) is 4.97. The van der Waals surface area contributed by atoms with Crippen molar-refractivity contribution >= 4 is 46.2 Å². The number of nitrogen functional groups attached to an aromatic ring is 1. The fourth-order valence-corrected chi connectivity index (χ4v) is 2.44. The summed E-state index contributed by atoms with van der Waals surface area (Å²) < 4.78 is 13.2. The predicted octanol–water partition coefficient (Wildman–Crippen LogP) is 5.02. The highest BCUT2D eigenvalue weighted by Crippen LogP contribution is 2.26. The quantitative estimate of drug-likeness (QED) is 0.771. The molecule has 0 aliphatic carbocycles. The molecule has 2 aromatic carbocycles. The molecule has 0 saturated carbocycles. The molecule has 0 amide bonds. The molecule has 0 saturated heterocycles. The molecule has 3 N–H and O–H groups in total. The Morgan fingerprint density at radius 3 is 2.50 bits per heavy atom. The van der Waals surface area contributed by atoms with Crippen LogP contribution in [0.1, 0.15) is 5.56 Å². The smallest absolute Gasteiger partial charge is 0.143 e. The minimum atomic E-state index is -0.532. The van der Waals surface area contributed by atoms with E-state index in [1.165, 1.54) is 12.1 Å². The highest BCUT2D eigenvalue weighted by Gasteiger charge is 2.06. The first-order valence-electron chi connectivity index (χ1n) is 5.89. The van der Waals surface area contributed by atoms with Crippen LogP contribution < -0.4 is 11.1 Å². The van der Waals surface area contributed by atoms with Gasteiger partial charge in [-0.2, -0.15) is 0 Å². The third-order valence-electron chi connectivity index (χ3n) is 2.82. The first kappa shape index (κ1) is 15.2. The maximum atomic E-state index is 13.2. The molecule has 0 fully saturated rings. The average molecular weight is 334 g/mol. The lowest BCUT2D eigenvalue weighted by Crippen LogP contribution is -2.07. The molecule has 106 valence electrons. The van der Waals surface area contributed by atoms with E-state index in [1.807, 2.05) is 6.07 Å². The summed E-state index contributed by atoms with van der Waals surface area (Å²) in [5.74, 6) is -0.532. The molecule has 0 bridgehead atoms. The van der Waals surface area contributed by atoms with Crippen molar-refractivity contribution in [1.82, 2.24) is 0 Å². The Bertz CT molecular complexity index is 632. The van der Waals surface area contributed by atoms with Crippen molar-refractivity contribution in [3.63, 3.8) is 0 Å². The minimum absolute atomic E-state index is 0.0335. The second-order valence-electron chi connectivity index (χ2n) is 4.27. The highest BCUT2D eigenvalue weighted by molar-refractivity contribution is 6.35. The van der Waals surface area contributed by atoms with E-state index in [2.05, 4.69) is 5.32 Å². The zero-order chi connectivity index (χ0) is 14.7. The first-order valence-corrected chi connectivity index (χ1v) is 7.03. The van der Waals surface area contributed by atoms with Gasteiger partial charge in [-0.3, -0.25) is 0 Å². The van der Waals surface area contributed by atoms with E-state index < -0.39 is 5.82 Å². The maximum absolute atomic E-state index is 13.2. The van der Waals surface area contributed by atoms with E-state index in [1.54, 1.807) is 12.1 Å². The molecule has 2 nitrogen and oxygen atoms in total. The zero-order valence-electron chi connectivity index (χ0n) is 10.4. The lowest BCUT2D eigenvalue weighted by atomic mass is 10.1.